The van der Waals surface area contributed by atoms with Crippen molar-refractivity contribution in [3.05, 3.63) is 0 Å². The third kappa shape index (κ3) is 2.00. The predicted octanol–water partition coefficient (Wildman–Crippen LogP) is 1.52. The van der Waals surface area contributed by atoms with Crippen LogP contribution >= 0.6 is 0 Å². The fraction of sp³-hybridized carbons (Fsp3) is 0.929. The zero-order valence-electron chi connectivity index (χ0n) is 11.6. The van der Waals surface area contributed by atoms with Crippen LogP contribution in [0.1, 0.15) is 33.1 Å². The first-order valence-electron chi connectivity index (χ1n) is 7.44. The number of nitrogens with one attached hydrogen (secondary N) is 1. The summed E-state index contributed by atoms with van der Waals surface area (Å²) in [5, 5.41) is 3.43. The maximum Gasteiger partial charge on any atom is 0.320 e. The van der Waals surface area contributed by atoms with E-state index in [-0.39, 0.29) is 0 Å². The van der Waals surface area contributed by atoms with Gasteiger partial charge in [0.05, 0.1) is 6.04 Å². The van der Waals surface area contributed by atoms with Crippen molar-refractivity contribution < 1.29 is 4.79 Å². The topological polar surface area (TPSA) is 35.6 Å². The van der Waals surface area contributed by atoms with Gasteiger partial charge in [-0.1, -0.05) is 6.92 Å². The van der Waals surface area contributed by atoms with Gasteiger partial charge in [0.1, 0.15) is 0 Å². The molecule has 1 N–H and O–H groups in total. The average Bonchev–Trinajstić information content (AvgIpc) is 2.89. The van der Waals surface area contributed by atoms with E-state index in [0.717, 1.165) is 32.1 Å². The van der Waals surface area contributed by atoms with Crippen LogP contribution in [0.4, 0.5) is 4.79 Å². The van der Waals surface area contributed by atoms with Crippen LogP contribution in [-0.4, -0.2) is 54.1 Å². The van der Waals surface area contributed by atoms with Gasteiger partial charge in [-0.3, -0.25) is 0 Å². The quantitative estimate of drug-likeness (QED) is 0.708. The van der Waals surface area contributed by atoms with Crippen LogP contribution in [0.3, 0.4) is 0 Å². The molecule has 3 fully saturated rings. The van der Waals surface area contributed by atoms with Crippen molar-refractivity contribution in [3.63, 3.8) is 0 Å². The Hall–Kier alpha value is -0.770. The van der Waals surface area contributed by atoms with Crippen LogP contribution in [0, 0.1) is 11.8 Å². The van der Waals surface area contributed by atoms with Crippen LogP contribution in [0.25, 0.3) is 0 Å². The lowest BCUT2D eigenvalue weighted by molar-refractivity contribution is 0.119. The van der Waals surface area contributed by atoms with Crippen molar-refractivity contribution in [2.24, 2.45) is 11.8 Å². The number of hydrogen-bond acceptors (Lipinski definition) is 2. The predicted molar refractivity (Wildman–Crippen MR) is 71.4 cm³/mol. The van der Waals surface area contributed by atoms with E-state index in [4.69, 9.17) is 0 Å². The van der Waals surface area contributed by atoms with Crippen molar-refractivity contribution in [3.8, 4) is 0 Å². The van der Waals surface area contributed by atoms with Crippen molar-refractivity contribution in [1.29, 1.82) is 0 Å². The molecule has 0 aromatic rings. The van der Waals surface area contributed by atoms with Gasteiger partial charge < -0.3 is 15.1 Å². The summed E-state index contributed by atoms with van der Waals surface area (Å²) < 4.78 is 0. The first-order valence-corrected chi connectivity index (χ1v) is 7.44. The number of nitrogens with zero attached hydrogens (tertiary/aromatic N) is 2. The molecule has 4 heteroatoms. The molecule has 0 spiro atoms. The molecule has 3 aliphatic heterocycles. The Bertz CT molecular complexity index is 325. The minimum atomic E-state index is 0.297. The molecule has 3 unspecified atom stereocenters. The number of fused-ring (bicyclic) bond motifs is 1. The lowest BCUT2D eigenvalue weighted by Gasteiger charge is -2.37. The minimum Gasteiger partial charge on any atom is -0.325 e. The summed E-state index contributed by atoms with van der Waals surface area (Å²) in [6.45, 7) is 8.49. The zero-order chi connectivity index (χ0) is 12.7. The van der Waals surface area contributed by atoms with Gasteiger partial charge in [-0.25, -0.2) is 4.79 Å². The third-order valence-electron chi connectivity index (χ3n) is 5.06. The van der Waals surface area contributed by atoms with Crippen LogP contribution in [-0.2, 0) is 0 Å². The standard InChI is InChI=1S/C14H25N3O/c1-10-3-5-16(6-4-10)14(18)17-11(2)7-12-8-15-9-13(12)17/h10-13,15H,3-9H2,1-2H3. The van der Waals surface area contributed by atoms with Crippen molar-refractivity contribution in [2.45, 2.75) is 45.2 Å². The molecule has 0 bridgehead atoms. The summed E-state index contributed by atoms with van der Waals surface area (Å²) >= 11 is 0. The lowest BCUT2D eigenvalue weighted by atomic mass is 9.99. The molecule has 0 radical (unpaired) electrons. The third-order valence-corrected chi connectivity index (χ3v) is 5.06. The van der Waals surface area contributed by atoms with Crippen LogP contribution in [0.5, 0.6) is 0 Å². The number of likely N-dealkylation sites (tertiary alicyclic amines) is 2. The largest absolute Gasteiger partial charge is 0.325 e. The first kappa shape index (κ1) is 12.3. The molecule has 3 heterocycles. The summed E-state index contributed by atoms with van der Waals surface area (Å²) in [6.07, 6.45) is 3.51. The van der Waals surface area contributed by atoms with E-state index in [0.29, 0.717) is 24.0 Å². The number of piperidine rings is 1. The molecular formula is C14H25N3O. The number of hydrogen-bond donors (Lipinski definition) is 1. The molecule has 3 aliphatic rings. The Morgan fingerprint density at radius 1 is 1.17 bits per heavy atom. The van der Waals surface area contributed by atoms with Gasteiger partial charge in [0, 0.05) is 32.2 Å². The van der Waals surface area contributed by atoms with Crippen LogP contribution in [0.2, 0.25) is 0 Å². The van der Waals surface area contributed by atoms with Crippen molar-refractivity contribution in [1.82, 2.24) is 15.1 Å². The van der Waals surface area contributed by atoms with Crippen molar-refractivity contribution >= 4 is 6.03 Å². The monoisotopic (exact) mass is 251 g/mol. The second-order valence-electron chi connectivity index (χ2n) is 6.43. The molecule has 0 saturated carbocycles. The van der Waals surface area contributed by atoms with E-state index in [2.05, 4.69) is 29.0 Å². The normalized spacial score (nSPS) is 37.1. The van der Waals surface area contributed by atoms with Crippen LogP contribution in [0.15, 0.2) is 0 Å². The summed E-state index contributed by atoms with van der Waals surface area (Å²) in [5.74, 6) is 1.47. The van der Waals surface area contributed by atoms with Gasteiger partial charge in [0.15, 0.2) is 0 Å². The summed E-state index contributed by atoms with van der Waals surface area (Å²) in [4.78, 5) is 16.9. The van der Waals surface area contributed by atoms with Gasteiger partial charge in [-0.2, -0.15) is 0 Å². The smallest absolute Gasteiger partial charge is 0.320 e. The Morgan fingerprint density at radius 2 is 1.89 bits per heavy atom. The lowest BCUT2D eigenvalue weighted by Crippen LogP contribution is -2.51. The summed E-state index contributed by atoms with van der Waals surface area (Å²) in [6, 6.07) is 1.17. The Labute approximate surface area is 110 Å². The summed E-state index contributed by atoms with van der Waals surface area (Å²) in [5.41, 5.74) is 0. The van der Waals surface area contributed by atoms with E-state index >= 15 is 0 Å². The zero-order valence-corrected chi connectivity index (χ0v) is 11.6. The van der Waals surface area contributed by atoms with Gasteiger partial charge in [-0.15, -0.1) is 0 Å². The van der Waals surface area contributed by atoms with Crippen LogP contribution < -0.4 is 5.32 Å². The average molecular weight is 251 g/mol. The molecule has 3 rings (SSSR count). The van der Waals surface area contributed by atoms with E-state index in [1.807, 2.05) is 0 Å². The van der Waals surface area contributed by atoms with Crippen molar-refractivity contribution in [2.75, 3.05) is 26.2 Å². The molecule has 4 nitrogen and oxygen atoms in total. The molecular weight excluding hydrogens is 226 g/mol. The molecule has 0 aromatic carbocycles. The number of carbonyl (C=O) groups is 1. The van der Waals surface area contributed by atoms with E-state index < -0.39 is 0 Å². The second kappa shape index (κ2) is 4.72. The second-order valence-corrected chi connectivity index (χ2v) is 6.43. The number of carbonyl (C=O) groups excluding carboxylic acids is 1. The minimum absolute atomic E-state index is 0.297. The van der Waals surface area contributed by atoms with Gasteiger partial charge in [-0.05, 0) is 38.0 Å². The number of amides is 2. The Balaban J connectivity index is 1.68. The maximum absolute atomic E-state index is 12.7. The highest BCUT2D eigenvalue weighted by Gasteiger charge is 2.45. The Morgan fingerprint density at radius 3 is 2.61 bits per heavy atom. The maximum atomic E-state index is 12.7. The molecule has 3 atom stereocenters. The molecule has 102 valence electrons. The van der Waals surface area contributed by atoms with E-state index in [1.54, 1.807) is 0 Å². The van der Waals surface area contributed by atoms with E-state index in [9.17, 15) is 4.79 Å². The summed E-state index contributed by atoms with van der Waals surface area (Å²) in [7, 11) is 0. The van der Waals surface area contributed by atoms with Gasteiger partial charge in [0.25, 0.3) is 0 Å². The number of rotatable bonds is 0. The highest BCUT2D eigenvalue weighted by atomic mass is 16.2. The fourth-order valence-corrected chi connectivity index (χ4v) is 3.86. The van der Waals surface area contributed by atoms with Gasteiger partial charge in [0.2, 0.25) is 0 Å². The number of urea groups is 1. The molecule has 3 saturated heterocycles. The molecule has 0 aliphatic carbocycles. The SMILES string of the molecule is CC1CCN(C(=O)N2C(C)CC3CNCC32)CC1. The van der Waals surface area contributed by atoms with E-state index in [1.165, 1.54) is 19.3 Å². The molecule has 2 amide bonds. The highest BCUT2D eigenvalue weighted by molar-refractivity contribution is 5.76. The van der Waals surface area contributed by atoms with Gasteiger partial charge >= 0.3 is 6.03 Å². The first-order chi connectivity index (χ1) is 8.66. The highest BCUT2D eigenvalue weighted by Crippen LogP contribution is 2.33. The Kier molecular flexibility index (Phi) is 3.22. The fourth-order valence-electron chi connectivity index (χ4n) is 3.86. The molecule has 0 aromatic heterocycles. The molecule has 18 heavy (non-hydrogen) atoms.